The summed E-state index contributed by atoms with van der Waals surface area (Å²) in [4.78, 5) is 14.7. The lowest BCUT2D eigenvalue weighted by molar-refractivity contribution is -0.127. The van der Waals surface area contributed by atoms with Crippen LogP contribution in [0.2, 0.25) is 0 Å². The lowest BCUT2D eigenvalue weighted by Gasteiger charge is -2.35. The van der Waals surface area contributed by atoms with E-state index in [0.717, 1.165) is 12.0 Å². The van der Waals surface area contributed by atoms with Crippen molar-refractivity contribution in [3.05, 3.63) is 35.9 Å². The van der Waals surface area contributed by atoms with Crippen molar-refractivity contribution < 1.29 is 4.79 Å². The van der Waals surface area contributed by atoms with E-state index in [9.17, 15) is 4.79 Å². The van der Waals surface area contributed by atoms with Crippen LogP contribution in [0.25, 0.3) is 0 Å². The molecule has 21 heavy (non-hydrogen) atoms. The van der Waals surface area contributed by atoms with Crippen molar-refractivity contribution in [2.75, 3.05) is 14.1 Å². The van der Waals surface area contributed by atoms with E-state index in [1.165, 1.54) is 0 Å². The molecule has 0 aromatic heterocycles. The van der Waals surface area contributed by atoms with E-state index in [0.29, 0.717) is 0 Å². The van der Waals surface area contributed by atoms with Gasteiger partial charge in [0.15, 0.2) is 0 Å². The molecule has 0 saturated carbocycles. The van der Waals surface area contributed by atoms with Gasteiger partial charge in [-0.05, 0) is 45.3 Å². The van der Waals surface area contributed by atoms with Crippen molar-refractivity contribution in [3.8, 4) is 0 Å². The van der Waals surface area contributed by atoms with E-state index in [1.807, 2.05) is 49.3 Å². The number of carbonyl (C=O) groups excluding carboxylic acids is 1. The predicted octanol–water partition coefficient (Wildman–Crippen LogP) is 3.62. The zero-order valence-electron chi connectivity index (χ0n) is 14.5. The van der Waals surface area contributed by atoms with Crippen LogP contribution >= 0.6 is 0 Å². The largest absolute Gasteiger partial charge is 0.350 e. The second kappa shape index (κ2) is 6.61. The molecule has 0 fully saturated rings. The quantitative estimate of drug-likeness (QED) is 0.898. The highest BCUT2D eigenvalue weighted by molar-refractivity contribution is 5.83. The third kappa shape index (κ3) is 5.88. The minimum absolute atomic E-state index is 0.0560. The third-order valence-corrected chi connectivity index (χ3v) is 3.31. The highest BCUT2D eigenvalue weighted by Crippen LogP contribution is 2.28. The molecule has 1 N–H and O–H groups in total. The fourth-order valence-electron chi connectivity index (χ4n) is 3.09. The van der Waals surface area contributed by atoms with Crippen LogP contribution in [-0.4, -0.2) is 30.4 Å². The Morgan fingerprint density at radius 3 is 2.05 bits per heavy atom. The SMILES string of the molecule is CN(C)[C@@H](C(=O)NC(C)(C)CC(C)(C)C)c1ccccc1. The highest BCUT2D eigenvalue weighted by atomic mass is 16.2. The first kappa shape index (κ1) is 17.7. The Kier molecular flexibility index (Phi) is 5.57. The molecule has 1 rings (SSSR count). The standard InChI is InChI=1S/C18H30N2O/c1-17(2,3)13-18(4,5)19-16(21)15(20(6)7)14-11-9-8-10-12-14/h8-12,15H,13H2,1-7H3,(H,19,21)/t15-/m1/s1. The van der Waals surface area contributed by atoms with Gasteiger partial charge in [0.2, 0.25) is 5.91 Å². The minimum Gasteiger partial charge on any atom is -0.350 e. The molecule has 1 atom stereocenters. The zero-order valence-corrected chi connectivity index (χ0v) is 14.5. The third-order valence-electron chi connectivity index (χ3n) is 3.31. The molecule has 0 aliphatic rings. The zero-order chi connectivity index (χ0) is 16.3. The predicted molar refractivity (Wildman–Crippen MR) is 89.2 cm³/mol. The Bertz CT molecular complexity index is 458. The van der Waals surface area contributed by atoms with E-state index in [1.54, 1.807) is 0 Å². The number of benzene rings is 1. The lowest BCUT2D eigenvalue weighted by Crippen LogP contribution is -2.49. The molecule has 0 aliphatic carbocycles. The summed E-state index contributed by atoms with van der Waals surface area (Å²) in [7, 11) is 3.88. The van der Waals surface area contributed by atoms with E-state index in [2.05, 4.69) is 39.9 Å². The number of hydrogen-bond acceptors (Lipinski definition) is 2. The summed E-state index contributed by atoms with van der Waals surface area (Å²) in [5.74, 6) is 0.0560. The number of nitrogens with one attached hydrogen (secondary N) is 1. The summed E-state index contributed by atoms with van der Waals surface area (Å²) in [6.07, 6.45) is 0.931. The van der Waals surface area contributed by atoms with E-state index < -0.39 is 0 Å². The highest BCUT2D eigenvalue weighted by Gasteiger charge is 2.31. The summed E-state index contributed by atoms with van der Waals surface area (Å²) >= 11 is 0. The van der Waals surface area contributed by atoms with Crippen molar-refractivity contribution in [2.24, 2.45) is 5.41 Å². The van der Waals surface area contributed by atoms with Crippen molar-refractivity contribution in [1.82, 2.24) is 10.2 Å². The van der Waals surface area contributed by atoms with Crippen molar-refractivity contribution in [3.63, 3.8) is 0 Å². The Balaban J connectivity index is 2.89. The summed E-state index contributed by atoms with van der Waals surface area (Å²) in [6, 6.07) is 9.66. The van der Waals surface area contributed by atoms with Gasteiger partial charge in [-0.15, -0.1) is 0 Å². The van der Waals surface area contributed by atoms with Gasteiger partial charge < -0.3 is 5.32 Å². The van der Waals surface area contributed by atoms with Crippen LogP contribution in [0.4, 0.5) is 0 Å². The Hall–Kier alpha value is -1.35. The monoisotopic (exact) mass is 290 g/mol. The van der Waals surface area contributed by atoms with Gasteiger partial charge >= 0.3 is 0 Å². The topological polar surface area (TPSA) is 32.3 Å². The molecular weight excluding hydrogens is 260 g/mol. The Morgan fingerprint density at radius 2 is 1.62 bits per heavy atom. The number of hydrogen-bond donors (Lipinski definition) is 1. The average molecular weight is 290 g/mol. The van der Waals surface area contributed by atoms with Crippen molar-refractivity contribution >= 4 is 5.91 Å². The summed E-state index contributed by atoms with van der Waals surface area (Å²) < 4.78 is 0. The molecule has 0 heterocycles. The maximum absolute atomic E-state index is 12.7. The van der Waals surface area contributed by atoms with Crippen LogP contribution in [0.5, 0.6) is 0 Å². The number of nitrogens with zero attached hydrogens (tertiary/aromatic N) is 1. The first-order valence-corrected chi connectivity index (χ1v) is 7.55. The van der Waals surface area contributed by atoms with Gasteiger partial charge in [0.25, 0.3) is 0 Å². The molecule has 1 aromatic carbocycles. The van der Waals surface area contributed by atoms with Gasteiger partial charge in [-0.2, -0.15) is 0 Å². The fraction of sp³-hybridized carbons (Fsp3) is 0.611. The van der Waals surface area contributed by atoms with E-state index in [4.69, 9.17) is 0 Å². The fourth-order valence-corrected chi connectivity index (χ4v) is 3.09. The second-order valence-electron chi connectivity index (χ2n) is 7.89. The van der Waals surface area contributed by atoms with Crippen molar-refractivity contribution in [1.29, 1.82) is 0 Å². The van der Waals surface area contributed by atoms with Crippen molar-refractivity contribution in [2.45, 2.75) is 52.6 Å². The van der Waals surface area contributed by atoms with Crippen LogP contribution < -0.4 is 5.32 Å². The molecular formula is C18H30N2O. The molecule has 0 radical (unpaired) electrons. The molecule has 118 valence electrons. The number of carbonyl (C=O) groups is 1. The van der Waals surface area contributed by atoms with Gasteiger partial charge in [0, 0.05) is 5.54 Å². The maximum Gasteiger partial charge on any atom is 0.242 e. The Labute approximate surface area is 129 Å². The van der Waals surface area contributed by atoms with Crippen LogP contribution in [0.3, 0.4) is 0 Å². The second-order valence-corrected chi connectivity index (χ2v) is 7.89. The van der Waals surface area contributed by atoms with E-state index >= 15 is 0 Å². The van der Waals surface area contributed by atoms with Crippen LogP contribution in [-0.2, 0) is 4.79 Å². The first-order chi connectivity index (χ1) is 9.52. The molecule has 3 heteroatoms. The van der Waals surface area contributed by atoms with E-state index in [-0.39, 0.29) is 22.9 Å². The number of likely N-dealkylation sites (N-methyl/N-ethyl adjacent to an activating group) is 1. The minimum atomic E-state index is -0.259. The van der Waals surface area contributed by atoms with Gasteiger partial charge in [-0.1, -0.05) is 51.1 Å². The molecule has 1 aromatic rings. The van der Waals surface area contributed by atoms with Gasteiger partial charge in [-0.3, -0.25) is 9.69 Å². The number of amides is 1. The van der Waals surface area contributed by atoms with Gasteiger partial charge in [-0.25, -0.2) is 0 Å². The normalized spacial score (nSPS) is 14.1. The molecule has 1 amide bonds. The molecule has 3 nitrogen and oxygen atoms in total. The average Bonchev–Trinajstić information content (AvgIpc) is 2.25. The smallest absolute Gasteiger partial charge is 0.242 e. The summed E-state index contributed by atoms with van der Waals surface area (Å²) in [6.45, 7) is 10.8. The van der Waals surface area contributed by atoms with Gasteiger partial charge in [0.05, 0.1) is 0 Å². The van der Waals surface area contributed by atoms with Crippen LogP contribution in [0.15, 0.2) is 30.3 Å². The van der Waals surface area contributed by atoms with Crippen LogP contribution in [0.1, 0.15) is 52.6 Å². The molecule has 0 bridgehead atoms. The summed E-state index contributed by atoms with van der Waals surface area (Å²) in [5, 5.41) is 3.21. The molecule has 0 aliphatic heterocycles. The molecule has 0 spiro atoms. The molecule has 0 saturated heterocycles. The first-order valence-electron chi connectivity index (χ1n) is 7.55. The summed E-state index contributed by atoms with van der Waals surface area (Å²) in [5.41, 5.74) is 0.974. The Morgan fingerprint density at radius 1 is 1.10 bits per heavy atom. The molecule has 0 unspecified atom stereocenters. The number of rotatable bonds is 5. The lowest BCUT2D eigenvalue weighted by atomic mass is 9.81. The maximum atomic E-state index is 12.7. The van der Waals surface area contributed by atoms with Gasteiger partial charge in [0.1, 0.15) is 6.04 Å². The van der Waals surface area contributed by atoms with Crippen LogP contribution in [0, 0.1) is 5.41 Å².